The average Bonchev–Trinajstić information content (AvgIpc) is 2.37. The molecule has 0 amide bonds. The Morgan fingerprint density at radius 2 is 1.83 bits per heavy atom. The molecule has 2 nitrogen and oxygen atoms in total. The summed E-state index contributed by atoms with van der Waals surface area (Å²) >= 11 is 0. The van der Waals surface area contributed by atoms with Crippen LogP contribution in [0.4, 0.5) is 8.78 Å². The van der Waals surface area contributed by atoms with E-state index in [2.05, 4.69) is 0 Å². The maximum atomic E-state index is 13.3. The van der Waals surface area contributed by atoms with E-state index in [0.717, 1.165) is 11.6 Å². The number of hydrogen-bond donors (Lipinski definition) is 0. The molecule has 2 rings (SSSR count). The molecule has 4 heteroatoms. The van der Waals surface area contributed by atoms with Crippen LogP contribution in [0.3, 0.4) is 0 Å². The second-order valence-electron chi connectivity index (χ2n) is 4.01. The Hall–Kier alpha value is -1.84. The summed E-state index contributed by atoms with van der Waals surface area (Å²) in [6.45, 7) is 0. The van der Waals surface area contributed by atoms with E-state index in [0.29, 0.717) is 11.3 Å². The molecule has 1 aromatic rings. The van der Waals surface area contributed by atoms with E-state index in [9.17, 15) is 8.78 Å². The second-order valence-corrected chi connectivity index (χ2v) is 4.01. The number of halogens is 2. The van der Waals surface area contributed by atoms with Crippen LogP contribution in [-0.2, 0) is 4.74 Å². The summed E-state index contributed by atoms with van der Waals surface area (Å²) < 4.78 is 36.9. The first kappa shape index (κ1) is 12.6. The Morgan fingerprint density at radius 3 is 2.50 bits per heavy atom. The highest BCUT2D eigenvalue weighted by atomic mass is 19.3. The Morgan fingerprint density at radius 1 is 1.11 bits per heavy atom. The molecule has 0 spiro atoms. The van der Waals surface area contributed by atoms with Crippen LogP contribution in [0.2, 0.25) is 0 Å². The number of alkyl halides is 2. The van der Waals surface area contributed by atoms with Gasteiger partial charge in [-0.05, 0) is 18.2 Å². The molecule has 0 N–H and O–H groups in total. The van der Waals surface area contributed by atoms with Gasteiger partial charge in [0.15, 0.2) is 0 Å². The molecule has 1 aromatic carbocycles. The molecular weight excluding hydrogens is 238 g/mol. The van der Waals surface area contributed by atoms with Gasteiger partial charge in [0.25, 0.3) is 5.92 Å². The number of rotatable bonds is 3. The van der Waals surface area contributed by atoms with Crippen molar-refractivity contribution in [3.05, 3.63) is 47.7 Å². The molecule has 0 saturated heterocycles. The highest BCUT2D eigenvalue weighted by molar-refractivity contribution is 5.80. The van der Waals surface area contributed by atoms with Crippen LogP contribution in [0, 0.1) is 0 Å². The van der Waals surface area contributed by atoms with E-state index >= 15 is 0 Å². The van der Waals surface area contributed by atoms with Gasteiger partial charge >= 0.3 is 0 Å². The minimum Gasteiger partial charge on any atom is -0.500 e. The molecule has 0 radical (unpaired) electrons. The molecule has 18 heavy (non-hydrogen) atoms. The van der Waals surface area contributed by atoms with Crippen molar-refractivity contribution >= 4 is 5.57 Å². The first-order chi connectivity index (χ1) is 8.57. The zero-order chi connectivity index (χ0) is 13.2. The molecule has 1 aliphatic carbocycles. The SMILES string of the molecule is COC1=C(c2ccccc2OC)C=CC(F)(F)C1. The minimum absolute atomic E-state index is 0.270. The van der Waals surface area contributed by atoms with Crippen molar-refractivity contribution in [2.75, 3.05) is 14.2 Å². The minimum atomic E-state index is -2.85. The lowest BCUT2D eigenvalue weighted by atomic mass is 9.95. The van der Waals surface area contributed by atoms with Gasteiger partial charge < -0.3 is 9.47 Å². The summed E-state index contributed by atoms with van der Waals surface area (Å²) in [6.07, 6.45) is 1.87. The molecule has 0 aliphatic heterocycles. The van der Waals surface area contributed by atoms with E-state index in [1.54, 1.807) is 13.2 Å². The van der Waals surface area contributed by atoms with E-state index in [1.807, 2.05) is 18.2 Å². The van der Waals surface area contributed by atoms with Crippen LogP contribution in [0.15, 0.2) is 42.2 Å². The van der Waals surface area contributed by atoms with Crippen molar-refractivity contribution in [1.29, 1.82) is 0 Å². The Labute approximate surface area is 105 Å². The van der Waals surface area contributed by atoms with Gasteiger partial charge in [0.1, 0.15) is 11.5 Å². The highest BCUT2D eigenvalue weighted by Gasteiger charge is 2.32. The topological polar surface area (TPSA) is 18.5 Å². The molecule has 0 saturated carbocycles. The van der Waals surface area contributed by atoms with Gasteiger partial charge in [0.05, 0.1) is 20.6 Å². The fraction of sp³-hybridized carbons (Fsp3) is 0.286. The van der Waals surface area contributed by atoms with Gasteiger partial charge in [-0.1, -0.05) is 18.2 Å². The van der Waals surface area contributed by atoms with Crippen molar-refractivity contribution < 1.29 is 18.3 Å². The number of ether oxygens (including phenoxy) is 2. The van der Waals surface area contributed by atoms with E-state index in [-0.39, 0.29) is 5.76 Å². The average molecular weight is 252 g/mol. The number of hydrogen-bond acceptors (Lipinski definition) is 2. The fourth-order valence-corrected chi connectivity index (χ4v) is 1.96. The third-order valence-corrected chi connectivity index (χ3v) is 2.83. The van der Waals surface area contributed by atoms with Crippen LogP contribution < -0.4 is 4.74 Å². The number of benzene rings is 1. The summed E-state index contributed by atoms with van der Waals surface area (Å²) in [4.78, 5) is 0. The lowest BCUT2D eigenvalue weighted by Crippen LogP contribution is -2.18. The molecule has 0 heterocycles. The van der Waals surface area contributed by atoms with E-state index < -0.39 is 12.3 Å². The maximum Gasteiger partial charge on any atom is 0.273 e. The van der Waals surface area contributed by atoms with Gasteiger partial charge in [-0.3, -0.25) is 0 Å². The summed E-state index contributed by atoms with van der Waals surface area (Å²) in [5, 5.41) is 0. The van der Waals surface area contributed by atoms with Crippen molar-refractivity contribution in [2.45, 2.75) is 12.3 Å². The number of methoxy groups -OCH3 is 2. The molecule has 0 bridgehead atoms. The first-order valence-electron chi connectivity index (χ1n) is 5.55. The zero-order valence-corrected chi connectivity index (χ0v) is 10.2. The quantitative estimate of drug-likeness (QED) is 0.817. The zero-order valence-electron chi connectivity index (χ0n) is 10.2. The van der Waals surface area contributed by atoms with Crippen molar-refractivity contribution in [3.8, 4) is 5.75 Å². The van der Waals surface area contributed by atoms with Crippen LogP contribution in [-0.4, -0.2) is 20.1 Å². The van der Waals surface area contributed by atoms with E-state index in [4.69, 9.17) is 9.47 Å². The predicted octanol–water partition coefficient (Wildman–Crippen LogP) is 3.65. The van der Waals surface area contributed by atoms with Crippen LogP contribution in [0.5, 0.6) is 5.75 Å². The van der Waals surface area contributed by atoms with Crippen molar-refractivity contribution in [3.63, 3.8) is 0 Å². The first-order valence-corrected chi connectivity index (χ1v) is 5.55. The Kier molecular flexibility index (Phi) is 3.36. The Bertz CT molecular complexity index is 504. The van der Waals surface area contributed by atoms with Gasteiger partial charge in [-0.2, -0.15) is 0 Å². The molecule has 0 aromatic heterocycles. The number of allylic oxidation sites excluding steroid dienone is 4. The predicted molar refractivity (Wildman–Crippen MR) is 65.6 cm³/mol. The largest absolute Gasteiger partial charge is 0.500 e. The summed E-state index contributed by atoms with van der Waals surface area (Å²) in [5.74, 6) is -1.94. The second kappa shape index (κ2) is 4.80. The molecular formula is C14H14F2O2. The third kappa shape index (κ3) is 2.37. The van der Waals surface area contributed by atoms with E-state index in [1.165, 1.54) is 13.2 Å². The molecule has 0 atom stereocenters. The summed E-state index contributed by atoms with van der Waals surface area (Å²) in [6, 6.07) is 7.27. The third-order valence-electron chi connectivity index (χ3n) is 2.83. The maximum absolute atomic E-state index is 13.3. The highest BCUT2D eigenvalue weighted by Crippen LogP contribution is 2.38. The Balaban J connectivity index is 2.49. The van der Waals surface area contributed by atoms with Gasteiger partial charge in [-0.25, -0.2) is 8.78 Å². The summed E-state index contributed by atoms with van der Waals surface area (Å²) in [7, 11) is 2.95. The normalized spacial score (nSPS) is 17.8. The molecule has 1 aliphatic rings. The smallest absolute Gasteiger partial charge is 0.273 e. The molecule has 0 fully saturated rings. The van der Waals surface area contributed by atoms with Crippen molar-refractivity contribution in [1.82, 2.24) is 0 Å². The molecule has 0 unspecified atom stereocenters. The van der Waals surface area contributed by atoms with Gasteiger partial charge in [-0.15, -0.1) is 0 Å². The lowest BCUT2D eigenvalue weighted by molar-refractivity contribution is 0.0388. The van der Waals surface area contributed by atoms with Crippen LogP contribution in [0.1, 0.15) is 12.0 Å². The standard InChI is InChI=1S/C14H14F2O2/c1-17-12-6-4-3-5-10(12)11-7-8-14(15,16)9-13(11)18-2/h3-8H,9H2,1-2H3. The van der Waals surface area contributed by atoms with Crippen molar-refractivity contribution in [2.24, 2.45) is 0 Å². The molecule has 96 valence electrons. The number of para-hydroxylation sites is 1. The van der Waals surface area contributed by atoms with Gasteiger partial charge in [0, 0.05) is 11.1 Å². The monoisotopic (exact) mass is 252 g/mol. The fourth-order valence-electron chi connectivity index (χ4n) is 1.96. The lowest BCUT2D eigenvalue weighted by Gasteiger charge is -2.22. The van der Waals surface area contributed by atoms with Gasteiger partial charge in [0.2, 0.25) is 0 Å². The van der Waals surface area contributed by atoms with Crippen LogP contribution in [0.25, 0.3) is 5.57 Å². The van der Waals surface area contributed by atoms with Crippen LogP contribution >= 0.6 is 0 Å². The summed E-state index contributed by atoms with van der Waals surface area (Å²) in [5.41, 5.74) is 1.39.